The van der Waals surface area contributed by atoms with E-state index in [-0.39, 0.29) is 17.7 Å². The summed E-state index contributed by atoms with van der Waals surface area (Å²) in [7, 11) is 0. The molecule has 1 saturated heterocycles. The number of aromatic nitrogens is 1. The Bertz CT molecular complexity index is 1080. The fourth-order valence-corrected chi connectivity index (χ4v) is 4.16. The van der Waals surface area contributed by atoms with E-state index in [0.29, 0.717) is 38.3 Å². The SMILES string of the molecule is C=CCN1CCN(C(=O)c2ccccn2)C[C@H](Cc2cccc(-c3ccccc3)c2)C1=O. The summed E-state index contributed by atoms with van der Waals surface area (Å²) in [5.41, 5.74) is 3.74. The van der Waals surface area contributed by atoms with Crippen LogP contribution >= 0.6 is 0 Å². The summed E-state index contributed by atoms with van der Waals surface area (Å²) in [4.78, 5) is 34.2. The molecule has 5 heteroatoms. The molecule has 1 fully saturated rings. The first-order valence-electron chi connectivity index (χ1n) is 10.9. The van der Waals surface area contributed by atoms with Crippen LogP contribution in [-0.4, -0.2) is 52.8 Å². The van der Waals surface area contributed by atoms with Gasteiger partial charge in [0.1, 0.15) is 5.69 Å². The highest BCUT2D eigenvalue weighted by Gasteiger charge is 2.32. The lowest BCUT2D eigenvalue weighted by Gasteiger charge is -2.23. The van der Waals surface area contributed by atoms with Gasteiger partial charge >= 0.3 is 0 Å². The number of benzene rings is 2. The molecule has 1 aliphatic heterocycles. The smallest absolute Gasteiger partial charge is 0.272 e. The zero-order valence-electron chi connectivity index (χ0n) is 18.1. The van der Waals surface area contributed by atoms with Crippen molar-refractivity contribution >= 4 is 11.8 Å². The molecule has 4 rings (SSSR count). The molecular formula is C27H27N3O2. The zero-order chi connectivity index (χ0) is 22.3. The van der Waals surface area contributed by atoms with Gasteiger partial charge in [0, 0.05) is 32.4 Å². The minimum Gasteiger partial charge on any atom is -0.337 e. The van der Waals surface area contributed by atoms with Gasteiger partial charge in [-0.25, -0.2) is 0 Å². The third-order valence-corrected chi connectivity index (χ3v) is 5.78. The molecule has 0 saturated carbocycles. The third kappa shape index (κ3) is 4.94. The number of hydrogen-bond donors (Lipinski definition) is 0. The number of hydrogen-bond acceptors (Lipinski definition) is 3. The molecule has 2 heterocycles. The first-order chi connectivity index (χ1) is 15.7. The van der Waals surface area contributed by atoms with Crippen LogP contribution in [0.3, 0.4) is 0 Å². The van der Waals surface area contributed by atoms with Crippen molar-refractivity contribution in [1.29, 1.82) is 0 Å². The maximum Gasteiger partial charge on any atom is 0.272 e. The molecule has 162 valence electrons. The molecule has 0 N–H and O–H groups in total. The summed E-state index contributed by atoms with van der Waals surface area (Å²) in [5, 5.41) is 0. The Morgan fingerprint density at radius 2 is 1.78 bits per heavy atom. The molecule has 1 aliphatic rings. The van der Waals surface area contributed by atoms with Crippen LogP contribution in [-0.2, 0) is 11.2 Å². The molecule has 0 unspecified atom stereocenters. The monoisotopic (exact) mass is 425 g/mol. The van der Waals surface area contributed by atoms with E-state index >= 15 is 0 Å². The number of carbonyl (C=O) groups is 2. The maximum atomic E-state index is 13.3. The van der Waals surface area contributed by atoms with Crippen LogP contribution in [0.1, 0.15) is 16.1 Å². The van der Waals surface area contributed by atoms with E-state index in [0.717, 1.165) is 16.7 Å². The van der Waals surface area contributed by atoms with Gasteiger partial charge in [0.15, 0.2) is 0 Å². The van der Waals surface area contributed by atoms with Gasteiger partial charge in [-0.05, 0) is 35.2 Å². The highest BCUT2D eigenvalue weighted by molar-refractivity contribution is 5.93. The number of rotatable bonds is 6. The van der Waals surface area contributed by atoms with E-state index in [2.05, 4.69) is 35.8 Å². The predicted molar refractivity (Wildman–Crippen MR) is 126 cm³/mol. The van der Waals surface area contributed by atoms with Crippen LogP contribution in [0.4, 0.5) is 0 Å². The summed E-state index contributed by atoms with van der Waals surface area (Å²) in [6.07, 6.45) is 3.92. The molecule has 0 radical (unpaired) electrons. The van der Waals surface area contributed by atoms with E-state index in [1.54, 1.807) is 40.3 Å². The van der Waals surface area contributed by atoms with Crippen molar-refractivity contribution < 1.29 is 9.59 Å². The van der Waals surface area contributed by atoms with Crippen LogP contribution in [0.15, 0.2) is 91.6 Å². The number of carbonyl (C=O) groups excluding carboxylic acids is 2. The lowest BCUT2D eigenvalue weighted by Crippen LogP contribution is -2.38. The molecule has 5 nitrogen and oxygen atoms in total. The maximum absolute atomic E-state index is 13.3. The molecule has 2 amide bonds. The molecule has 1 atom stereocenters. The summed E-state index contributed by atoms with van der Waals surface area (Å²) in [6.45, 7) is 5.61. The Morgan fingerprint density at radius 3 is 2.53 bits per heavy atom. The second kappa shape index (κ2) is 10.1. The van der Waals surface area contributed by atoms with Gasteiger partial charge in [0.25, 0.3) is 5.91 Å². The average molecular weight is 426 g/mol. The first kappa shape index (κ1) is 21.5. The lowest BCUT2D eigenvalue weighted by molar-refractivity contribution is -0.134. The summed E-state index contributed by atoms with van der Waals surface area (Å²) in [5.74, 6) is -0.399. The number of amides is 2. The Kier molecular flexibility index (Phi) is 6.75. The second-order valence-electron chi connectivity index (χ2n) is 8.01. The van der Waals surface area contributed by atoms with Crippen LogP contribution in [0.5, 0.6) is 0 Å². The molecular weight excluding hydrogens is 398 g/mol. The Morgan fingerprint density at radius 1 is 1.00 bits per heavy atom. The zero-order valence-corrected chi connectivity index (χ0v) is 18.1. The van der Waals surface area contributed by atoms with Gasteiger partial charge in [-0.1, -0.05) is 66.7 Å². The molecule has 1 aromatic heterocycles. The Hall–Kier alpha value is -3.73. The van der Waals surface area contributed by atoms with Crippen LogP contribution in [0.25, 0.3) is 11.1 Å². The lowest BCUT2D eigenvalue weighted by atomic mass is 9.94. The number of nitrogens with zero attached hydrogens (tertiary/aromatic N) is 3. The predicted octanol–water partition coefficient (Wildman–Crippen LogP) is 4.08. The highest BCUT2D eigenvalue weighted by Crippen LogP contribution is 2.23. The van der Waals surface area contributed by atoms with Gasteiger partial charge < -0.3 is 9.80 Å². The Labute approximate surface area is 189 Å². The minimum absolute atomic E-state index is 0.0614. The summed E-state index contributed by atoms with van der Waals surface area (Å²) >= 11 is 0. The van der Waals surface area contributed by atoms with E-state index in [1.807, 2.05) is 30.3 Å². The summed E-state index contributed by atoms with van der Waals surface area (Å²) < 4.78 is 0. The fraction of sp³-hybridized carbons (Fsp3) is 0.222. The van der Waals surface area contributed by atoms with Gasteiger partial charge in [0.2, 0.25) is 5.91 Å². The molecule has 32 heavy (non-hydrogen) atoms. The molecule has 2 aromatic carbocycles. The second-order valence-corrected chi connectivity index (χ2v) is 8.01. The van der Waals surface area contributed by atoms with Crippen LogP contribution < -0.4 is 0 Å². The van der Waals surface area contributed by atoms with Crippen molar-refractivity contribution in [3.05, 3.63) is 103 Å². The Balaban J connectivity index is 1.59. The first-order valence-corrected chi connectivity index (χ1v) is 10.9. The van der Waals surface area contributed by atoms with Crippen molar-refractivity contribution in [2.75, 3.05) is 26.2 Å². The average Bonchev–Trinajstić information content (AvgIpc) is 2.99. The van der Waals surface area contributed by atoms with E-state index in [9.17, 15) is 9.59 Å². The van der Waals surface area contributed by atoms with Crippen molar-refractivity contribution in [2.24, 2.45) is 5.92 Å². The quantitative estimate of drug-likeness (QED) is 0.559. The van der Waals surface area contributed by atoms with E-state index < -0.39 is 0 Å². The van der Waals surface area contributed by atoms with Gasteiger partial charge in [-0.2, -0.15) is 0 Å². The van der Waals surface area contributed by atoms with Crippen molar-refractivity contribution in [1.82, 2.24) is 14.8 Å². The molecule has 3 aromatic rings. The number of pyridine rings is 1. The molecule has 0 spiro atoms. The highest BCUT2D eigenvalue weighted by atomic mass is 16.2. The minimum atomic E-state index is -0.323. The van der Waals surface area contributed by atoms with Crippen LogP contribution in [0, 0.1) is 5.92 Å². The molecule has 0 aliphatic carbocycles. The normalized spacial score (nSPS) is 16.5. The molecule has 0 bridgehead atoms. The van der Waals surface area contributed by atoms with E-state index in [1.165, 1.54) is 0 Å². The van der Waals surface area contributed by atoms with Crippen molar-refractivity contribution in [3.63, 3.8) is 0 Å². The van der Waals surface area contributed by atoms with E-state index in [4.69, 9.17) is 0 Å². The van der Waals surface area contributed by atoms with Gasteiger partial charge in [-0.3, -0.25) is 14.6 Å². The standard InChI is InChI=1S/C27H27N3O2/c1-2-15-29-16-17-30(27(32)25-13-6-7-14-28-25)20-24(26(29)31)19-21-9-8-12-23(18-21)22-10-4-3-5-11-22/h2-14,18,24H,1,15-17,19-20H2/t24-/m0/s1. The topological polar surface area (TPSA) is 53.5 Å². The van der Waals surface area contributed by atoms with Crippen molar-refractivity contribution in [2.45, 2.75) is 6.42 Å². The summed E-state index contributed by atoms with van der Waals surface area (Å²) in [6, 6.07) is 23.8. The van der Waals surface area contributed by atoms with Crippen LogP contribution in [0.2, 0.25) is 0 Å². The largest absolute Gasteiger partial charge is 0.337 e. The van der Waals surface area contributed by atoms with Crippen molar-refractivity contribution in [3.8, 4) is 11.1 Å². The third-order valence-electron chi connectivity index (χ3n) is 5.78. The van der Waals surface area contributed by atoms with Gasteiger partial charge in [0.05, 0.1) is 5.92 Å². The fourth-order valence-electron chi connectivity index (χ4n) is 4.16. The van der Waals surface area contributed by atoms with Gasteiger partial charge in [-0.15, -0.1) is 6.58 Å².